The molecule has 0 aromatic heterocycles. The van der Waals surface area contributed by atoms with Crippen LogP contribution in [0.1, 0.15) is 13.3 Å². The van der Waals surface area contributed by atoms with Gasteiger partial charge in [-0.25, -0.2) is 9.69 Å². The maximum atomic E-state index is 11.6. The van der Waals surface area contributed by atoms with Gasteiger partial charge in [-0.3, -0.25) is 4.79 Å². The predicted octanol–water partition coefficient (Wildman–Crippen LogP) is 1.95. The molecule has 2 amide bonds. The maximum Gasteiger partial charge on any atom is 0.421 e. The Morgan fingerprint density at radius 3 is 2.53 bits per heavy atom. The third-order valence-corrected chi connectivity index (χ3v) is 2.21. The molecule has 4 nitrogen and oxygen atoms in total. The van der Waals surface area contributed by atoms with E-state index in [0.29, 0.717) is 5.69 Å². The van der Waals surface area contributed by atoms with Gasteiger partial charge < -0.3 is 4.74 Å². The zero-order chi connectivity index (χ0) is 10.8. The average molecular weight is 205 g/mol. The smallest absolute Gasteiger partial charge is 0.421 e. The van der Waals surface area contributed by atoms with Crippen molar-refractivity contribution in [2.75, 3.05) is 4.90 Å². The Morgan fingerprint density at radius 1 is 1.27 bits per heavy atom. The number of imide groups is 1. The molecule has 1 unspecified atom stereocenters. The van der Waals surface area contributed by atoms with Crippen LogP contribution in [0.4, 0.5) is 10.5 Å². The Hall–Kier alpha value is -1.84. The minimum absolute atomic E-state index is 0.218. The summed E-state index contributed by atoms with van der Waals surface area (Å²) in [6.45, 7) is 1.71. The van der Waals surface area contributed by atoms with E-state index in [1.807, 2.05) is 6.07 Å². The Labute approximate surface area is 87.4 Å². The molecule has 0 aliphatic carbocycles. The number of cyclic esters (lactones) is 1. The minimum atomic E-state index is -0.593. The Balaban J connectivity index is 2.29. The van der Waals surface area contributed by atoms with E-state index in [4.69, 9.17) is 4.74 Å². The number of carbonyl (C=O) groups is 2. The number of benzene rings is 1. The largest absolute Gasteiger partial charge is 0.445 e. The molecular weight excluding hydrogens is 194 g/mol. The van der Waals surface area contributed by atoms with Gasteiger partial charge in [0.25, 0.3) is 0 Å². The van der Waals surface area contributed by atoms with Gasteiger partial charge in [0.05, 0.1) is 12.1 Å². The van der Waals surface area contributed by atoms with Gasteiger partial charge >= 0.3 is 6.09 Å². The molecule has 4 heteroatoms. The number of amides is 2. The van der Waals surface area contributed by atoms with Crippen molar-refractivity contribution in [2.45, 2.75) is 19.4 Å². The highest BCUT2D eigenvalue weighted by atomic mass is 16.6. The van der Waals surface area contributed by atoms with E-state index in [1.54, 1.807) is 31.2 Å². The van der Waals surface area contributed by atoms with Crippen LogP contribution in [0.5, 0.6) is 0 Å². The molecule has 1 heterocycles. The predicted molar refractivity (Wildman–Crippen MR) is 54.5 cm³/mol. The molecular formula is C11H11NO3. The maximum absolute atomic E-state index is 11.6. The molecule has 0 saturated carbocycles. The lowest BCUT2D eigenvalue weighted by molar-refractivity contribution is -0.122. The fraction of sp³-hybridized carbons (Fsp3) is 0.273. The second-order valence-electron chi connectivity index (χ2n) is 3.46. The van der Waals surface area contributed by atoms with Crippen LogP contribution in [0.25, 0.3) is 0 Å². The highest BCUT2D eigenvalue weighted by Gasteiger charge is 2.32. The summed E-state index contributed by atoms with van der Waals surface area (Å²) in [5.74, 6) is -0.218. The number of hydrogen-bond acceptors (Lipinski definition) is 3. The number of rotatable bonds is 1. The van der Waals surface area contributed by atoms with Gasteiger partial charge in [-0.1, -0.05) is 18.2 Å². The van der Waals surface area contributed by atoms with Gasteiger partial charge in [-0.15, -0.1) is 0 Å². The van der Waals surface area contributed by atoms with Crippen LogP contribution >= 0.6 is 0 Å². The molecule has 2 rings (SSSR count). The van der Waals surface area contributed by atoms with Gasteiger partial charge in [0, 0.05) is 0 Å². The van der Waals surface area contributed by atoms with Gasteiger partial charge in [0.1, 0.15) is 6.10 Å². The molecule has 0 N–H and O–H groups in total. The summed E-state index contributed by atoms with van der Waals surface area (Å²) in [4.78, 5) is 24.2. The van der Waals surface area contributed by atoms with Crippen LogP contribution in [-0.2, 0) is 9.53 Å². The van der Waals surface area contributed by atoms with Crippen molar-refractivity contribution >= 4 is 17.7 Å². The zero-order valence-corrected chi connectivity index (χ0v) is 8.34. The molecule has 1 aliphatic heterocycles. The van der Waals surface area contributed by atoms with Crippen LogP contribution in [0.15, 0.2) is 30.3 Å². The number of carbonyl (C=O) groups excluding carboxylic acids is 2. The molecule has 1 fully saturated rings. The van der Waals surface area contributed by atoms with E-state index in [-0.39, 0.29) is 18.4 Å². The van der Waals surface area contributed by atoms with Crippen LogP contribution in [0, 0.1) is 0 Å². The van der Waals surface area contributed by atoms with Crippen LogP contribution in [-0.4, -0.2) is 18.1 Å². The summed E-state index contributed by atoms with van der Waals surface area (Å²) < 4.78 is 4.99. The second-order valence-corrected chi connectivity index (χ2v) is 3.46. The molecule has 1 atom stereocenters. The van der Waals surface area contributed by atoms with E-state index in [0.717, 1.165) is 4.90 Å². The first kappa shape index (κ1) is 9.71. The van der Waals surface area contributed by atoms with Crippen molar-refractivity contribution in [3.05, 3.63) is 30.3 Å². The summed E-state index contributed by atoms with van der Waals surface area (Å²) in [6, 6.07) is 8.78. The SMILES string of the molecule is CC1CC(=O)N(c2ccccc2)C(=O)O1. The normalized spacial score (nSPS) is 21.4. The topological polar surface area (TPSA) is 46.6 Å². The number of hydrogen-bond donors (Lipinski definition) is 0. The number of para-hydroxylation sites is 1. The number of nitrogens with zero attached hydrogens (tertiary/aromatic N) is 1. The number of ether oxygens (including phenoxy) is 1. The summed E-state index contributed by atoms with van der Waals surface area (Å²) >= 11 is 0. The van der Waals surface area contributed by atoms with E-state index in [2.05, 4.69) is 0 Å². The molecule has 0 bridgehead atoms. The molecule has 78 valence electrons. The highest BCUT2D eigenvalue weighted by Crippen LogP contribution is 2.21. The first-order valence-corrected chi connectivity index (χ1v) is 4.77. The minimum Gasteiger partial charge on any atom is -0.445 e. The molecule has 1 saturated heterocycles. The lowest BCUT2D eigenvalue weighted by atomic mass is 10.2. The summed E-state index contributed by atoms with van der Waals surface area (Å²) in [6.07, 6.45) is -0.685. The summed E-state index contributed by atoms with van der Waals surface area (Å²) in [5.41, 5.74) is 0.555. The fourth-order valence-electron chi connectivity index (χ4n) is 1.53. The Kier molecular flexibility index (Phi) is 2.41. The van der Waals surface area contributed by atoms with Crippen molar-refractivity contribution in [1.82, 2.24) is 0 Å². The highest BCUT2D eigenvalue weighted by molar-refractivity contribution is 6.13. The second kappa shape index (κ2) is 3.73. The van der Waals surface area contributed by atoms with Crippen molar-refractivity contribution in [3.8, 4) is 0 Å². The van der Waals surface area contributed by atoms with Crippen LogP contribution in [0.3, 0.4) is 0 Å². The third kappa shape index (κ3) is 1.83. The monoisotopic (exact) mass is 205 g/mol. The van der Waals surface area contributed by atoms with E-state index >= 15 is 0 Å². The van der Waals surface area contributed by atoms with Crippen LogP contribution in [0.2, 0.25) is 0 Å². The molecule has 1 aromatic carbocycles. The Bertz CT molecular complexity index is 370. The lowest BCUT2D eigenvalue weighted by Gasteiger charge is -2.28. The summed E-state index contributed by atoms with van der Waals surface area (Å²) in [5, 5.41) is 0. The zero-order valence-electron chi connectivity index (χ0n) is 8.34. The molecule has 15 heavy (non-hydrogen) atoms. The van der Waals surface area contributed by atoms with E-state index in [9.17, 15) is 9.59 Å². The van der Waals surface area contributed by atoms with Gasteiger partial charge in [-0.05, 0) is 19.1 Å². The van der Waals surface area contributed by atoms with E-state index in [1.165, 1.54) is 0 Å². The van der Waals surface area contributed by atoms with Gasteiger partial charge in [0.15, 0.2) is 0 Å². The summed E-state index contributed by atoms with van der Waals surface area (Å²) in [7, 11) is 0. The van der Waals surface area contributed by atoms with Crippen LogP contribution < -0.4 is 4.90 Å². The first-order valence-electron chi connectivity index (χ1n) is 4.77. The molecule has 1 aromatic rings. The standard InChI is InChI=1S/C11H11NO3/c1-8-7-10(13)12(11(14)15-8)9-5-3-2-4-6-9/h2-6,8H,7H2,1H3. The quantitative estimate of drug-likeness (QED) is 0.704. The molecule has 0 spiro atoms. The first-order chi connectivity index (χ1) is 7.18. The average Bonchev–Trinajstić information content (AvgIpc) is 2.17. The lowest BCUT2D eigenvalue weighted by Crippen LogP contribution is -2.45. The van der Waals surface area contributed by atoms with Gasteiger partial charge in [0.2, 0.25) is 5.91 Å². The van der Waals surface area contributed by atoms with Crippen molar-refractivity contribution < 1.29 is 14.3 Å². The Morgan fingerprint density at radius 2 is 1.93 bits per heavy atom. The molecule has 0 radical (unpaired) electrons. The van der Waals surface area contributed by atoms with Crippen molar-refractivity contribution in [1.29, 1.82) is 0 Å². The molecule has 1 aliphatic rings. The third-order valence-electron chi connectivity index (χ3n) is 2.21. The van der Waals surface area contributed by atoms with Crippen molar-refractivity contribution in [2.24, 2.45) is 0 Å². The van der Waals surface area contributed by atoms with Gasteiger partial charge in [-0.2, -0.15) is 0 Å². The van der Waals surface area contributed by atoms with Crippen molar-refractivity contribution in [3.63, 3.8) is 0 Å². The fourth-order valence-corrected chi connectivity index (χ4v) is 1.53. The van der Waals surface area contributed by atoms with E-state index < -0.39 is 6.09 Å². The number of anilines is 1.